The van der Waals surface area contributed by atoms with Crippen LogP contribution in [0.1, 0.15) is 12.8 Å². The summed E-state index contributed by atoms with van der Waals surface area (Å²) >= 11 is 0. The fourth-order valence-electron chi connectivity index (χ4n) is 1.24. The highest BCUT2D eigenvalue weighted by atomic mass is 16.5. The number of hydrogen-bond donors (Lipinski definition) is 0. The van der Waals surface area contributed by atoms with E-state index >= 15 is 0 Å². The molecule has 76 valence electrons. The molecule has 0 saturated carbocycles. The molecule has 1 rings (SSSR count). The zero-order chi connectivity index (χ0) is 10.4. The van der Waals surface area contributed by atoms with E-state index in [-0.39, 0.29) is 5.97 Å². The maximum absolute atomic E-state index is 11.1. The Morgan fingerprint density at radius 3 is 2.79 bits per heavy atom. The molecule has 0 amide bonds. The lowest BCUT2D eigenvalue weighted by Crippen LogP contribution is -2.09. The molecular weight excluding hydrogens is 184 g/mol. The minimum atomic E-state index is -0.295. The Bertz CT molecular complexity index is 288. The van der Waals surface area contributed by atoms with Gasteiger partial charge in [0, 0.05) is 5.57 Å². The predicted molar refractivity (Wildman–Crippen MR) is 49.4 cm³/mol. The molecule has 0 fully saturated rings. The van der Waals surface area contributed by atoms with Gasteiger partial charge in [0.2, 0.25) is 0 Å². The van der Waals surface area contributed by atoms with Crippen LogP contribution < -0.4 is 0 Å². The molecular formula is C10H12O4. The van der Waals surface area contributed by atoms with Crippen LogP contribution in [0, 0.1) is 0 Å². The van der Waals surface area contributed by atoms with Gasteiger partial charge in [0.15, 0.2) is 0 Å². The lowest BCUT2D eigenvalue weighted by molar-refractivity contribution is -0.136. The van der Waals surface area contributed by atoms with Crippen LogP contribution in [0.2, 0.25) is 0 Å². The fraction of sp³-hybridized carbons (Fsp3) is 0.400. The van der Waals surface area contributed by atoms with Crippen molar-refractivity contribution in [1.82, 2.24) is 0 Å². The first-order valence-electron chi connectivity index (χ1n) is 4.30. The molecule has 14 heavy (non-hydrogen) atoms. The number of carbonyl (C=O) groups excluding carboxylic acids is 2. The van der Waals surface area contributed by atoms with Crippen LogP contribution in [0.15, 0.2) is 23.3 Å². The van der Waals surface area contributed by atoms with Crippen molar-refractivity contribution >= 4 is 12.4 Å². The van der Waals surface area contributed by atoms with Crippen LogP contribution in [0.4, 0.5) is 0 Å². The van der Waals surface area contributed by atoms with Gasteiger partial charge in [-0.25, -0.2) is 4.79 Å². The Morgan fingerprint density at radius 1 is 1.50 bits per heavy atom. The Labute approximate surface area is 82.2 Å². The van der Waals surface area contributed by atoms with E-state index in [1.807, 2.05) is 0 Å². The minimum absolute atomic E-state index is 0.295. The zero-order valence-electron chi connectivity index (χ0n) is 7.99. The van der Waals surface area contributed by atoms with Crippen molar-refractivity contribution in [3.05, 3.63) is 23.3 Å². The second kappa shape index (κ2) is 5.21. The molecule has 0 radical (unpaired) electrons. The fourth-order valence-corrected chi connectivity index (χ4v) is 1.24. The molecule has 0 aromatic carbocycles. The van der Waals surface area contributed by atoms with Crippen molar-refractivity contribution in [1.29, 1.82) is 0 Å². The summed E-state index contributed by atoms with van der Waals surface area (Å²) in [4.78, 5) is 21.0. The van der Waals surface area contributed by atoms with Crippen LogP contribution in [0.25, 0.3) is 0 Å². The Balaban J connectivity index is 2.54. The molecule has 0 aromatic rings. The van der Waals surface area contributed by atoms with E-state index in [1.165, 1.54) is 7.11 Å². The molecule has 0 N–H and O–H groups in total. The lowest BCUT2D eigenvalue weighted by atomic mass is 9.99. The number of esters is 1. The standard InChI is InChI=1S/C10H12O4/c1-13-10(12)9-4-2-8(3-5-9)6-14-7-11/h2,4,7H,3,5-6H2,1H3. The van der Waals surface area contributed by atoms with Crippen molar-refractivity contribution in [3.63, 3.8) is 0 Å². The van der Waals surface area contributed by atoms with Gasteiger partial charge in [0.25, 0.3) is 6.47 Å². The first-order valence-corrected chi connectivity index (χ1v) is 4.30. The molecule has 4 nitrogen and oxygen atoms in total. The van der Waals surface area contributed by atoms with Crippen LogP contribution in [0.3, 0.4) is 0 Å². The van der Waals surface area contributed by atoms with Crippen LogP contribution in [-0.4, -0.2) is 26.2 Å². The molecule has 1 aliphatic rings. The molecule has 0 unspecified atom stereocenters. The highest BCUT2D eigenvalue weighted by molar-refractivity contribution is 5.89. The average Bonchev–Trinajstić information content (AvgIpc) is 2.26. The van der Waals surface area contributed by atoms with E-state index in [1.54, 1.807) is 12.2 Å². The first kappa shape index (κ1) is 10.5. The van der Waals surface area contributed by atoms with Crippen molar-refractivity contribution < 1.29 is 19.1 Å². The minimum Gasteiger partial charge on any atom is -0.466 e. The third-order valence-corrected chi connectivity index (χ3v) is 2.02. The van der Waals surface area contributed by atoms with Gasteiger partial charge in [-0.3, -0.25) is 4.79 Å². The van der Waals surface area contributed by atoms with Crippen molar-refractivity contribution in [2.75, 3.05) is 13.7 Å². The smallest absolute Gasteiger partial charge is 0.333 e. The summed E-state index contributed by atoms with van der Waals surface area (Å²) in [6, 6.07) is 0. The second-order valence-electron chi connectivity index (χ2n) is 2.92. The van der Waals surface area contributed by atoms with Crippen LogP contribution in [-0.2, 0) is 19.1 Å². The van der Waals surface area contributed by atoms with E-state index in [2.05, 4.69) is 9.47 Å². The van der Waals surface area contributed by atoms with E-state index in [0.717, 1.165) is 12.0 Å². The normalized spacial score (nSPS) is 15.2. The largest absolute Gasteiger partial charge is 0.466 e. The van der Waals surface area contributed by atoms with Crippen molar-refractivity contribution in [3.8, 4) is 0 Å². The van der Waals surface area contributed by atoms with Gasteiger partial charge in [-0.15, -0.1) is 0 Å². The van der Waals surface area contributed by atoms with E-state index in [0.29, 0.717) is 25.1 Å². The number of ether oxygens (including phenoxy) is 2. The molecule has 0 atom stereocenters. The van der Waals surface area contributed by atoms with Gasteiger partial charge >= 0.3 is 5.97 Å². The molecule has 0 aromatic heterocycles. The lowest BCUT2D eigenvalue weighted by Gasteiger charge is -2.11. The summed E-state index contributed by atoms with van der Waals surface area (Å²) in [6.07, 6.45) is 4.87. The number of rotatable bonds is 4. The maximum atomic E-state index is 11.1. The van der Waals surface area contributed by atoms with E-state index in [9.17, 15) is 9.59 Å². The van der Waals surface area contributed by atoms with Gasteiger partial charge < -0.3 is 9.47 Å². The molecule has 0 spiro atoms. The number of methoxy groups -OCH3 is 1. The van der Waals surface area contributed by atoms with Crippen LogP contribution >= 0.6 is 0 Å². The van der Waals surface area contributed by atoms with E-state index < -0.39 is 0 Å². The average molecular weight is 196 g/mol. The van der Waals surface area contributed by atoms with Crippen molar-refractivity contribution in [2.24, 2.45) is 0 Å². The van der Waals surface area contributed by atoms with E-state index in [4.69, 9.17) is 0 Å². The van der Waals surface area contributed by atoms with Gasteiger partial charge in [0.05, 0.1) is 7.11 Å². The SMILES string of the molecule is COC(=O)C1=CC=C(COC=O)CC1. The summed E-state index contributed by atoms with van der Waals surface area (Å²) in [7, 11) is 1.36. The topological polar surface area (TPSA) is 52.6 Å². The van der Waals surface area contributed by atoms with Gasteiger partial charge in [-0.05, 0) is 18.4 Å². The Kier molecular flexibility index (Phi) is 3.91. The summed E-state index contributed by atoms with van der Waals surface area (Å²) in [5.41, 5.74) is 1.66. The zero-order valence-corrected chi connectivity index (χ0v) is 7.99. The predicted octanol–water partition coefficient (Wildman–Crippen LogP) is 0.979. The Hall–Kier alpha value is -1.58. The second-order valence-corrected chi connectivity index (χ2v) is 2.92. The number of allylic oxidation sites excluding steroid dienone is 2. The molecule has 4 heteroatoms. The highest BCUT2D eigenvalue weighted by Gasteiger charge is 2.13. The summed E-state index contributed by atoms with van der Waals surface area (Å²) in [6.45, 7) is 0.717. The highest BCUT2D eigenvalue weighted by Crippen LogP contribution is 2.19. The summed E-state index contributed by atoms with van der Waals surface area (Å²) in [5.74, 6) is -0.295. The van der Waals surface area contributed by atoms with Crippen LogP contribution in [0.5, 0.6) is 0 Å². The molecule has 0 bridgehead atoms. The summed E-state index contributed by atoms with van der Waals surface area (Å²) < 4.78 is 9.18. The molecule has 0 heterocycles. The van der Waals surface area contributed by atoms with Gasteiger partial charge in [-0.2, -0.15) is 0 Å². The van der Waals surface area contributed by atoms with Crippen molar-refractivity contribution in [2.45, 2.75) is 12.8 Å². The quantitative estimate of drug-likeness (QED) is 0.496. The summed E-state index contributed by atoms with van der Waals surface area (Å²) in [5, 5.41) is 0. The maximum Gasteiger partial charge on any atom is 0.333 e. The Morgan fingerprint density at radius 2 is 2.29 bits per heavy atom. The number of hydrogen-bond acceptors (Lipinski definition) is 4. The molecule has 0 saturated heterocycles. The molecule has 0 aliphatic heterocycles. The first-order chi connectivity index (χ1) is 6.77. The monoisotopic (exact) mass is 196 g/mol. The molecule has 1 aliphatic carbocycles. The number of carbonyl (C=O) groups is 2. The van der Waals surface area contributed by atoms with Gasteiger partial charge in [-0.1, -0.05) is 12.2 Å². The van der Waals surface area contributed by atoms with Gasteiger partial charge in [0.1, 0.15) is 6.61 Å². The third-order valence-electron chi connectivity index (χ3n) is 2.02. The third kappa shape index (κ3) is 2.73.